The lowest BCUT2D eigenvalue weighted by Crippen LogP contribution is -2.45. The van der Waals surface area contributed by atoms with Gasteiger partial charge < -0.3 is 15.3 Å². The molecular formula is C14H15ClN2O4. The molecule has 1 aliphatic heterocycles. The van der Waals surface area contributed by atoms with Crippen LogP contribution >= 0.6 is 11.6 Å². The van der Waals surface area contributed by atoms with E-state index in [0.29, 0.717) is 30.0 Å². The van der Waals surface area contributed by atoms with E-state index >= 15 is 0 Å². The van der Waals surface area contributed by atoms with Gasteiger partial charge in [-0.25, -0.2) is 4.79 Å². The Balaban J connectivity index is 1.90. The number of benzene rings is 1. The fourth-order valence-corrected chi connectivity index (χ4v) is 2.41. The van der Waals surface area contributed by atoms with Crippen LogP contribution in [0, 0.1) is 0 Å². The number of rotatable bonds is 4. The lowest BCUT2D eigenvalue weighted by molar-refractivity contribution is -0.147. The largest absolute Gasteiger partial charge is 0.480 e. The topological polar surface area (TPSA) is 86.7 Å². The van der Waals surface area contributed by atoms with Gasteiger partial charge in [0.1, 0.15) is 6.04 Å². The zero-order valence-electron chi connectivity index (χ0n) is 11.2. The van der Waals surface area contributed by atoms with Crippen molar-refractivity contribution in [3.63, 3.8) is 0 Å². The van der Waals surface area contributed by atoms with Crippen LogP contribution < -0.4 is 5.32 Å². The fraction of sp³-hybridized carbons (Fsp3) is 0.357. The molecule has 0 aromatic heterocycles. The number of carbonyl (C=O) groups excluding carboxylic acids is 2. The summed E-state index contributed by atoms with van der Waals surface area (Å²) in [6.45, 7) is 0.192. The molecule has 0 bridgehead atoms. The third kappa shape index (κ3) is 3.72. The van der Waals surface area contributed by atoms with Crippen molar-refractivity contribution in [2.75, 3.05) is 13.1 Å². The molecule has 1 atom stereocenters. The average molecular weight is 311 g/mol. The Labute approximate surface area is 126 Å². The molecule has 6 nitrogen and oxygen atoms in total. The smallest absolute Gasteiger partial charge is 0.326 e. The number of likely N-dealkylation sites (tertiary alicyclic amines) is 1. The van der Waals surface area contributed by atoms with E-state index in [2.05, 4.69) is 5.32 Å². The fourth-order valence-electron chi connectivity index (χ4n) is 2.28. The van der Waals surface area contributed by atoms with Gasteiger partial charge in [-0.1, -0.05) is 11.6 Å². The van der Waals surface area contributed by atoms with E-state index in [1.807, 2.05) is 0 Å². The minimum atomic E-state index is -1.01. The molecule has 0 aliphatic carbocycles. The van der Waals surface area contributed by atoms with Crippen LogP contribution in [0.3, 0.4) is 0 Å². The van der Waals surface area contributed by atoms with E-state index in [0.717, 1.165) is 0 Å². The molecule has 2 amide bonds. The van der Waals surface area contributed by atoms with E-state index in [1.54, 1.807) is 24.3 Å². The van der Waals surface area contributed by atoms with E-state index in [9.17, 15) is 14.4 Å². The summed E-state index contributed by atoms with van der Waals surface area (Å²) in [5.41, 5.74) is 0.392. The summed E-state index contributed by atoms with van der Waals surface area (Å²) in [6.07, 6.45) is 1.11. The molecule has 0 radical (unpaired) electrons. The number of amides is 2. The molecule has 2 rings (SSSR count). The first kappa shape index (κ1) is 15.3. The van der Waals surface area contributed by atoms with E-state index in [4.69, 9.17) is 16.7 Å². The van der Waals surface area contributed by atoms with Crippen LogP contribution in [0.4, 0.5) is 0 Å². The number of carboxylic acid groups (broad SMARTS) is 1. The maximum atomic E-state index is 12.0. The van der Waals surface area contributed by atoms with Crippen molar-refractivity contribution in [1.29, 1.82) is 0 Å². The van der Waals surface area contributed by atoms with E-state index in [-0.39, 0.29) is 12.5 Å². The number of hydrogen-bond acceptors (Lipinski definition) is 3. The first-order valence-corrected chi connectivity index (χ1v) is 6.93. The highest BCUT2D eigenvalue weighted by atomic mass is 35.5. The Morgan fingerprint density at radius 1 is 1.29 bits per heavy atom. The van der Waals surface area contributed by atoms with Gasteiger partial charge in [-0.05, 0) is 37.1 Å². The number of carboxylic acids is 1. The maximum absolute atomic E-state index is 12.0. The van der Waals surface area contributed by atoms with Crippen LogP contribution in [0.15, 0.2) is 24.3 Å². The number of halogens is 1. The average Bonchev–Trinajstić information content (AvgIpc) is 2.95. The van der Waals surface area contributed by atoms with Gasteiger partial charge in [0.2, 0.25) is 5.91 Å². The molecule has 1 aromatic carbocycles. The monoisotopic (exact) mass is 310 g/mol. The molecule has 7 heteroatoms. The van der Waals surface area contributed by atoms with Crippen LogP contribution in [0.25, 0.3) is 0 Å². The summed E-state index contributed by atoms with van der Waals surface area (Å²) in [6, 6.07) is 5.49. The molecule has 0 unspecified atom stereocenters. The SMILES string of the molecule is O=C(NCC(=O)N1CCC[C@@H]1C(=O)O)c1ccc(Cl)cc1. The standard InChI is InChI=1S/C14H15ClN2O4/c15-10-5-3-9(4-6-10)13(19)16-8-12(18)17-7-1-2-11(17)14(20)21/h3-6,11H,1-2,7-8H2,(H,16,19)(H,20,21)/t11-/m1/s1. The summed E-state index contributed by atoms with van der Waals surface area (Å²) < 4.78 is 0. The van der Waals surface area contributed by atoms with Crippen molar-refractivity contribution in [1.82, 2.24) is 10.2 Å². The van der Waals surface area contributed by atoms with Gasteiger partial charge in [0.05, 0.1) is 6.54 Å². The molecule has 112 valence electrons. The minimum absolute atomic E-state index is 0.217. The summed E-state index contributed by atoms with van der Waals surface area (Å²) in [4.78, 5) is 36.1. The second-order valence-corrected chi connectivity index (χ2v) is 5.21. The van der Waals surface area contributed by atoms with Gasteiger partial charge in [-0.15, -0.1) is 0 Å². The van der Waals surface area contributed by atoms with Gasteiger partial charge in [0.25, 0.3) is 5.91 Å². The van der Waals surface area contributed by atoms with E-state index in [1.165, 1.54) is 4.90 Å². The second-order valence-electron chi connectivity index (χ2n) is 4.77. The Kier molecular flexibility index (Phi) is 4.80. The van der Waals surface area contributed by atoms with Gasteiger partial charge in [-0.2, -0.15) is 0 Å². The number of carbonyl (C=O) groups is 3. The Morgan fingerprint density at radius 2 is 1.95 bits per heavy atom. The van der Waals surface area contributed by atoms with Crippen molar-refractivity contribution in [2.45, 2.75) is 18.9 Å². The molecule has 21 heavy (non-hydrogen) atoms. The molecule has 0 saturated carbocycles. The van der Waals surface area contributed by atoms with Gasteiger partial charge in [-0.3, -0.25) is 9.59 Å². The normalized spacial score (nSPS) is 17.6. The summed E-state index contributed by atoms with van der Waals surface area (Å²) in [5, 5.41) is 12.0. The van der Waals surface area contributed by atoms with Crippen molar-refractivity contribution in [3.05, 3.63) is 34.9 Å². The summed E-state index contributed by atoms with van der Waals surface area (Å²) >= 11 is 5.73. The van der Waals surface area contributed by atoms with Crippen molar-refractivity contribution in [3.8, 4) is 0 Å². The highest BCUT2D eigenvalue weighted by molar-refractivity contribution is 6.30. The van der Waals surface area contributed by atoms with Crippen LogP contribution in [0.5, 0.6) is 0 Å². The zero-order valence-corrected chi connectivity index (χ0v) is 12.0. The molecule has 1 saturated heterocycles. The molecule has 1 heterocycles. The third-order valence-electron chi connectivity index (χ3n) is 3.36. The maximum Gasteiger partial charge on any atom is 0.326 e. The molecule has 0 spiro atoms. The molecule has 2 N–H and O–H groups in total. The molecule has 1 fully saturated rings. The first-order chi connectivity index (χ1) is 9.99. The van der Waals surface area contributed by atoms with Crippen molar-refractivity contribution < 1.29 is 19.5 Å². The lowest BCUT2D eigenvalue weighted by atomic mass is 10.2. The highest BCUT2D eigenvalue weighted by Crippen LogP contribution is 2.17. The second kappa shape index (κ2) is 6.58. The highest BCUT2D eigenvalue weighted by Gasteiger charge is 2.33. The predicted octanol–water partition coefficient (Wildman–Crippen LogP) is 1.15. The van der Waals surface area contributed by atoms with Crippen LogP contribution in [0.2, 0.25) is 5.02 Å². The Hall–Kier alpha value is -2.08. The molecular weight excluding hydrogens is 296 g/mol. The Morgan fingerprint density at radius 3 is 2.57 bits per heavy atom. The lowest BCUT2D eigenvalue weighted by Gasteiger charge is -2.21. The number of hydrogen-bond donors (Lipinski definition) is 2. The number of aliphatic carboxylic acids is 1. The van der Waals surface area contributed by atoms with Crippen molar-refractivity contribution >= 4 is 29.4 Å². The van der Waals surface area contributed by atoms with Crippen molar-refractivity contribution in [2.24, 2.45) is 0 Å². The predicted molar refractivity (Wildman–Crippen MR) is 76.2 cm³/mol. The van der Waals surface area contributed by atoms with Crippen LogP contribution in [-0.4, -0.2) is 46.9 Å². The summed E-state index contributed by atoms with van der Waals surface area (Å²) in [5.74, 6) is -1.79. The first-order valence-electron chi connectivity index (χ1n) is 6.55. The molecule has 1 aliphatic rings. The number of nitrogens with one attached hydrogen (secondary N) is 1. The van der Waals surface area contributed by atoms with Gasteiger partial charge in [0.15, 0.2) is 0 Å². The number of nitrogens with zero attached hydrogens (tertiary/aromatic N) is 1. The van der Waals surface area contributed by atoms with Gasteiger partial charge >= 0.3 is 5.97 Å². The third-order valence-corrected chi connectivity index (χ3v) is 3.62. The summed E-state index contributed by atoms with van der Waals surface area (Å²) in [7, 11) is 0. The quantitative estimate of drug-likeness (QED) is 0.873. The minimum Gasteiger partial charge on any atom is -0.480 e. The zero-order chi connectivity index (χ0) is 15.4. The Bertz CT molecular complexity index is 559. The van der Waals surface area contributed by atoms with Gasteiger partial charge in [0, 0.05) is 17.1 Å². The van der Waals surface area contributed by atoms with Crippen LogP contribution in [0.1, 0.15) is 23.2 Å². The van der Waals surface area contributed by atoms with Crippen LogP contribution in [-0.2, 0) is 9.59 Å². The van der Waals surface area contributed by atoms with E-state index < -0.39 is 17.9 Å². The molecule has 1 aromatic rings.